The lowest BCUT2D eigenvalue weighted by Gasteiger charge is -2.28. The van der Waals surface area contributed by atoms with Crippen molar-refractivity contribution in [3.8, 4) is 5.69 Å². The molecule has 1 aliphatic heterocycles. The Hall–Kier alpha value is -3.15. The lowest BCUT2D eigenvalue weighted by Crippen LogP contribution is -2.42. The van der Waals surface area contributed by atoms with Gasteiger partial charge in [0, 0.05) is 31.9 Å². The van der Waals surface area contributed by atoms with Crippen LogP contribution in [-0.4, -0.2) is 65.0 Å². The molecule has 1 aliphatic rings. The van der Waals surface area contributed by atoms with Crippen LogP contribution < -0.4 is 10.3 Å². The normalized spacial score (nSPS) is 17.8. The van der Waals surface area contributed by atoms with Crippen molar-refractivity contribution < 1.29 is 32.6 Å². The number of hydrogen-bond acceptors (Lipinski definition) is 5. The molecule has 1 fully saturated rings. The highest BCUT2D eigenvalue weighted by atomic mass is 35.5. The molecule has 4 rings (SSSR count). The fourth-order valence-corrected chi connectivity index (χ4v) is 4.48. The molecule has 0 bridgehead atoms. The third-order valence-corrected chi connectivity index (χ3v) is 5.82. The van der Waals surface area contributed by atoms with E-state index in [2.05, 4.69) is 0 Å². The average molecular weight is 516 g/mol. The van der Waals surface area contributed by atoms with Gasteiger partial charge in [-0.15, -0.1) is 12.4 Å². The van der Waals surface area contributed by atoms with Gasteiger partial charge in [-0.25, -0.2) is 22.4 Å². The summed E-state index contributed by atoms with van der Waals surface area (Å²) in [6.07, 6.45) is 0.944. The van der Waals surface area contributed by atoms with E-state index in [1.807, 2.05) is 0 Å². The van der Waals surface area contributed by atoms with E-state index in [-0.39, 0.29) is 38.5 Å². The first-order valence-electron chi connectivity index (χ1n) is 10.3. The maximum absolute atomic E-state index is 15.9. The van der Waals surface area contributed by atoms with Crippen molar-refractivity contribution in [2.24, 2.45) is 0 Å². The molecule has 0 saturated carbocycles. The largest absolute Gasteiger partial charge is 0.477 e. The van der Waals surface area contributed by atoms with Crippen molar-refractivity contribution in [1.29, 1.82) is 0 Å². The van der Waals surface area contributed by atoms with Crippen LogP contribution in [0.1, 0.15) is 16.8 Å². The number of aromatic nitrogens is 1. The molecule has 7 nitrogen and oxygen atoms in total. The van der Waals surface area contributed by atoms with Crippen LogP contribution in [0.15, 0.2) is 35.3 Å². The zero-order valence-electron chi connectivity index (χ0n) is 18.7. The van der Waals surface area contributed by atoms with Crippen LogP contribution in [0.3, 0.4) is 0 Å². The molecule has 12 heteroatoms. The van der Waals surface area contributed by atoms with Gasteiger partial charge in [-0.2, -0.15) is 0 Å². The van der Waals surface area contributed by atoms with Gasteiger partial charge < -0.3 is 24.6 Å². The first-order valence-corrected chi connectivity index (χ1v) is 10.3. The Morgan fingerprint density at radius 3 is 2.43 bits per heavy atom. The summed E-state index contributed by atoms with van der Waals surface area (Å²) >= 11 is 0. The van der Waals surface area contributed by atoms with Gasteiger partial charge in [0.1, 0.15) is 28.7 Å². The summed E-state index contributed by atoms with van der Waals surface area (Å²) in [5, 5.41) is 19.6. The number of aromatic carboxylic acids is 1. The van der Waals surface area contributed by atoms with Crippen LogP contribution in [0, 0.1) is 23.3 Å². The molecular formula is C23H22ClF4N3O4. The Morgan fingerprint density at radius 2 is 1.83 bits per heavy atom. The second-order valence-electron chi connectivity index (χ2n) is 8.69. The second kappa shape index (κ2) is 9.48. The SMILES string of the molecule is CN(C)CC1(O)CCN(c2c(F)cc3c(=O)c(C(=O)O)cn(-c4ccc(F)cc4F)c3c2F)C1.Cl. The molecule has 2 heterocycles. The standard InChI is InChI=1S/C23H21F4N3O4.ClH/c1-28(2)10-23(34)5-6-29(11-23)20-16(26)8-13-19(18(20)27)30(9-14(21(13)31)22(32)33)17-4-3-12(24)7-15(17)25;/h3-4,7-9,34H,5-6,10-11H2,1-2H3,(H,32,33);1H. The van der Waals surface area contributed by atoms with E-state index in [4.69, 9.17) is 0 Å². The van der Waals surface area contributed by atoms with Crippen molar-refractivity contribution in [2.45, 2.75) is 12.0 Å². The van der Waals surface area contributed by atoms with Crippen molar-refractivity contribution in [3.63, 3.8) is 0 Å². The number of aliphatic hydroxyl groups is 1. The molecule has 0 amide bonds. The van der Waals surface area contributed by atoms with Crippen LogP contribution in [0.5, 0.6) is 0 Å². The van der Waals surface area contributed by atoms with Gasteiger partial charge in [0.05, 0.1) is 22.2 Å². The molecule has 0 radical (unpaired) electrons. The summed E-state index contributed by atoms with van der Waals surface area (Å²) in [4.78, 5) is 27.3. The highest BCUT2D eigenvalue weighted by Crippen LogP contribution is 2.35. The van der Waals surface area contributed by atoms with E-state index >= 15 is 8.78 Å². The number of rotatable bonds is 5. The average Bonchev–Trinajstić information content (AvgIpc) is 3.09. The fraction of sp³-hybridized carbons (Fsp3) is 0.304. The van der Waals surface area contributed by atoms with Gasteiger partial charge in [0.25, 0.3) is 0 Å². The molecule has 1 saturated heterocycles. The van der Waals surface area contributed by atoms with E-state index in [1.54, 1.807) is 19.0 Å². The third kappa shape index (κ3) is 4.71. The molecule has 1 aromatic heterocycles. The van der Waals surface area contributed by atoms with Crippen molar-refractivity contribution in [1.82, 2.24) is 9.47 Å². The van der Waals surface area contributed by atoms with E-state index in [1.165, 1.54) is 4.90 Å². The summed E-state index contributed by atoms with van der Waals surface area (Å²) in [7, 11) is 3.49. The predicted molar refractivity (Wildman–Crippen MR) is 124 cm³/mol. The minimum absolute atomic E-state index is 0. The Labute approximate surface area is 203 Å². The van der Waals surface area contributed by atoms with Crippen molar-refractivity contribution >= 4 is 35.0 Å². The maximum atomic E-state index is 15.9. The topological polar surface area (TPSA) is 86.0 Å². The predicted octanol–water partition coefficient (Wildman–Crippen LogP) is 3.17. The Kier molecular flexibility index (Phi) is 7.16. The summed E-state index contributed by atoms with van der Waals surface area (Å²) in [6, 6.07) is 3.05. The number of β-amino-alcohol motifs (C(OH)–C–C–N with tert-alkyl or cyclic N) is 1. The third-order valence-electron chi connectivity index (χ3n) is 5.82. The molecule has 0 aliphatic carbocycles. The van der Waals surface area contributed by atoms with Gasteiger partial charge in [-0.1, -0.05) is 0 Å². The molecule has 1 unspecified atom stereocenters. The van der Waals surface area contributed by atoms with Gasteiger partial charge in [0.2, 0.25) is 5.43 Å². The van der Waals surface area contributed by atoms with E-state index in [0.717, 1.165) is 22.9 Å². The number of anilines is 1. The zero-order chi connectivity index (χ0) is 24.9. The van der Waals surface area contributed by atoms with Gasteiger partial charge in [-0.05, 0) is 38.7 Å². The highest BCUT2D eigenvalue weighted by molar-refractivity contribution is 5.94. The number of benzene rings is 2. The summed E-state index contributed by atoms with van der Waals surface area (Å²) in [5.74, 6) is -6.12. The van der Waals surface area contributed by atoms with Crippen molar-refractivity contribution in [2.75, 3.05) is 38.6 Å². The van der Waals surface area contributed by atoms with Crippen LogP contribution >= 0.6 is 12.4 Å². The van der Waals surface area contributed by atoms with Crippen LogP contribution in [0.25, 0.3) is 16.6 Å². The number of pyridine rings is 1. The number of hydrogen-bond donors (Lipinski definition) is 2. The number of carbonyl (C=O) groups is 1. The Balaban J connectivity index is 0.00000342. The highest BCUT2D eigenvalue weighted by Gasteiger charge is 2.39. The van der Waals surface area contributed by atoms with Crippen LogP contribution in [0.4, 0.5) is 23.2 Å². The van der Waals surface area contributed by atoms with E-state index < -0.39 is 68.1 Å². The van der Waals surface area contributed by atoms with Crippen LogP contribution in [-0.2, 0) is 0 Å². The quantitative estimate of drug-likeness (QED) is 0.508. The maximum Gasteiger partial charge on any atom is 0.341 e. The van der Waals surface area contributed by atoms with Gasteiger partial charge >= 0.3 is 5.97 Å². The number of carboxylic acid groups (broad SMARTS) is 1. The van der Waals surface area contributed by atoms with Crippen molar-refractivity contribution in [3.05, 3.63) is 69.5 Å². The number of likely N-dealkylation sites (N-methyl/N-ethyl adjacent to an activating group) is 1. The smallest absolute Gasteiger partial charge is 0.341 e. The van der Waals surface area contributed by atoms with Crippen LogP contribution in [0.2, 0.25) is 0 Å². The fourth-order valence-electron chi connectivity index (χ4n) is 4.48. The van der Waals surface area contributed by atoms with Gasteiger partial charge in [-0.3, -0.25) is 4.79 Å². The molecular weight excluding hydrogens is 494 g/mol. The molecule has 188 valence electrons. The number of nitrogens with zero attached hydrogens (tertiary/aromatic N) is 3. The number of fused-ring (bicyclic) bond motifs is 1. The number of carboxylic acids is 1. The molecule has 2 N–H and O–H groups in total. The molecule has 0 spiro atoms. The first kappa shape index (κ1) is 26.5. The zero-order valence-corrected chi connectivity index (χ0v) is 19.5. The number of halogens is 5. The summed E-state index contributed by atoms with van der Waals surface area (Å²) < 4.78 is 59.8. The molecule has 2 aromatic carbocycles. The van der Waals surface area contributed by atoms with E-state index in [0.29, 0.717) is 12.1 Å². The van der Waals surface area contributed by atoms with E-state index in [9.17, 15) is 28.6 Å². The molecule has 35 heavy (non-hydrogen) atoms. The molecule has 1 atom stereocenters. The second-order valence-corrected chi connectivity index (χ2v) is 8.69. The first-order chi connectivity index (χ1) is 15.9. The Morgan fingerprint density at radius 1 is 1.14 bits per heavy atom. The van der Waals surface area contributed by atoms with Gasteiger partial charge in [0.15, 0.2) is 5.82 Å². The minimum atomic E-state index is -1.68. The Bertz CT molecular complexity index is 1380. The summed E-state index contributed by atoms with van der Waals surface area (Å²) in [5.41, 5.74) is -4.79. The minimum Gasteiger partial charge on any atom is -0.477 e. The monoisotopic (exact) mass is 515 g/mol. The molecule has 3 aromatic rings. The summed E-state index contributed by atoms with van der Waals surface area (Å²) in [6.45, 7) is 0.243. The lowest BCUT2D eigenvalue weighted by atomic mass is 10.0. The lowest BCUT2D eigenvalue weighted by molar-refractivity contribution is 0.0365.